The second kappa shape index (κ2) is 12.0. The molecule has 0 saturated carbocycles. The van der Waals surface area contributed by atoms with Gasteiger partial charge in [-0.2, -0.15) is 26.3 Å². The Morgan fingerprint density at radius 3 is 2.04 bits per heavy atom. The van der Waals surface area contributed by atoms with Crippen molar-refractivity contribution in [1.82, 2.24) is 9.29 Å². The van der Waals surface area contributed by atoms with Gasteiger partial charge in [-0.1, -0.05) is 6.07 Å². The van der Waals surface area contributed by atoms with Gasteiger partial charge in [0.25, 0.3) is 0 Å². The van der Waals surface area contributed by atoms with Crippen molar-refractivity contribution in [1.29, 1.82) is 0 Å². The minimum absolute atomic E-state index is 0.00198. The lowest BCUT2D eigenvalue weighted by Crippen LogP contribution is -2.42. The molecule has 1 fully saturated rings. The molecule has 6 nitrogen and oxygen atoms in total. The molecule has 1 aromatic heterocycles. The van der Waals surface area contributed by atoms with Gasteiger partial charge in [0.2, 0.25) is 15.9 Å². The molecule has 0 spiro atoms. The van der Waals surface area contributed by atoms with Gasteiger partial charge in [-0.15, -0.1) is 0 Å². The summed E-state index contributed by atoms with van der Waals surface area (Å²) in [5.74, 6) is -1.64. The Kier molecular flexibility index (Phi) is 9.17. The van der Waals surface area contributed by atoms with Crippen LogP contribution in [0.1, 0.15) is 60.6 Å². The third-order valence-electron chi connectivity index (χ3n) is 8.16. The summed E-state index contributed by atoms with van der Waals surface area (Å²) in [6.45, 7) is 4.63. The highest BCUT2D eigenvalue weighted by Crippen LogP contribution is 2.41. The molecule has 0 aliphatic carbocycles. The largest absolute Gasteiger partial charge is 0.416 e. The van der Waals surface area contributed by atoms with Crippen LogP contribution in [0.2, 0.25) is 0 Å². The Balaban J connectivity index is 1.82. The van der Waals surface area contributed by atoms with E-state index in [1.54, 1.807) is 13.0 Å². The summed E-state index contributed by atoms with van der Waals surface area (Å²) in [5, 5.41) is 0. The Morgan fingerprint density at radius 1 is 0.933 bits per heavy atom. The van der Waals surface area contributed by atoms with Gasteiger partial charge < -0.3 is 4.90 Å². The maximum atomic E-state index is 14.1. The number of likely N-dealkylation sites (N-methyl/N-ethyl adjacent to an activating group) is 1. The van der Waals surface area contributed by atoms with Crippen LogP contribution in [0.4, 0.5) is 36.4 Å². The first-order chi connectivity index (χ1) is 20.6. The average Bonchev–Trinajstić information content (AvgIpc) is 2.94. The summed E-state index contributed by atoms with van der Waals surface area (Å²) in [5.41, 5.74) is -3.37. The fraction of sp³-hybridized carbons (Fsp3) is 0.419. The smallest absolute Gasteiger partial charge is 0.313 e. The summed E-state index contributed by atoms with van der Waals surface area (Å²) in [6.07, 6.45) is -6.52. The standard InChI is InChI=1S/C31H32F7N3O3S/c1-18-11-23(32)8-9-24(18)25-15-26(19-7-6-10-41(17-19)45(5,43)44)39-16-27(25)40(4)28(42)29(2,3)20-12-21(30(33,34)35)14-22(13-20)31(36,37)38/h8-9,11-16,19H,6-7,10,17H2,1-5H3/t19-/m1/s1. The van der Waals surface area contributed by atoms with E-state index in [9.17, 15) is 43.9 Å². The predicted octanol–water partition coefficient (Wildman–Crippen LogP) is 7.31. The number of aryl methyl sites for hydroxylation is 1. The molecule has 45 heavy (non-hydrogen) atoms. The summed E-state index contributed by atoms with van der Waals surface area (Å²) in [4.78, 5) is 19.6. The van der Waals surface area contributed by atoms with Crippen molar-refractivity contribution in [3.05, 3.63) is 82.4 Å². The van der Waals surface area contributed by atoms with Crippen LogP contribution in [0.3, 0.4) is 0 Å². The van der Waals surface area contributed by atoms with E-state index >= 15 is 0 Å². The van der Waals surface area contributed by atoms with Gasteiger partial charge >= 0.3 is 12.4 Å². The van der Waals surface area contributed by atoms with Crippen LogP contribution in [0, 0.1) is 12.7 Å². The van der Waals surface area contributed by atoms with Crippen LogP contribution in [0.15, 0.2) is 48.7 Å². The Hall–Kier alpha value is -3.52. The van der Waals surface area contributed by atoms with E-state index in [0.29, 0.717) is 53.9 Å². The molecule has 2 heterocycles. The fourth-order valence-corrected chi connectivity index (χ4v) is 6.46. The maximum absolute atomic E-state index is 14.1. The van der Waals surface area contributed by atoms with Gasteiger partial charge in [-0.3, -0.25) is 9.78 Å². The number of hydrogen-bond acceptors (Lipinski definition) is 4. The zero-order chi connectivity index (χ0) is 33.7. The molecular formula is C31H32F7N3O3S. The second-order valence-electron chi connectivity index (χ2n) is 11.8. The average molecular weight is 660 g/mol. The first kappa shape index (κ1) is 34.4. The van der Waals surface area contributed by atoms with E-state index in [2.05, 4.69) is 4.98 Å². The molecule has 1 aliphatic rings. The number of alkyl halides is 6. The molecule has 0 N–H and O–H groups in total. The van der Waals surface area contributed by atoms with Crippen LogP contribution in [-0.4, -0.2) is 50.0 Å². The molecule has 14 heteroatoms. The van der Waals surface area contributed by atoms with Crippen LogP contribution in [0.5, 0.6) is 0 Å². The number of aromatic nitrogens is 1. The Morgan fingerprint density at radius 2 is 1.51 bits per heavy atom. The van der Waals surface area contributed by atoms with E-state index in [4.69, 9.17) is 0 Å². The van der Waals surface area contributed by atoms with Gasteiger partial charge in [0.1, 0.15) is 5.82 Å². The van der Waals surface area contributed by atoms with Crippen molar-refractivity contribution < 1.29 is 43.9 Å². The van der Waals surface area contributed by atoms with E-state index in [0.717, 1.165) is 11.2 Å². The zero-order valence-corrected chi connectivity index (χ0v) is 26.0. The molecule has 1 saturated heterocycles. The summed E-state index contributed by atoms with van der Waals surface area (Å²) in [7, 11) is -2.14. The van der Waals surface area contributed by atoms with E-state index in [1.165, 1.54) is 49.6 Å². The molecule has 0 radical (unpaired) electrons. The van der Waals surface area contributed by atoms with Crippen LogP contribution >= 0.6 is 0 Å². The minimum atomic E-state index is -5.10. The van der Waals surface area contributed by atoms with Crippen LogP contribution in [-0.2, 0) is 32.6 Å². The molecule has 1 aliphatic heterocycles. The lowest BCUT2D eigenvalue weighted by atomic mass is 9.81. The SMILES string of the molecule is Cc1cc(F)ccc1-c1cc([C@@H]2CCCN(S(C)(=O)=O)C2)ncc1N(C)C(=O)C(C)(C)c1cc(C(F)(F)F)cc(C(F)(F)F)c1. The number of carbonyl (C=O) groups excluding carboxylic acids is 1. The molecule has 1 amide bonds. The first-order valence-electron chi connectivity index (χ1n) is 13.9. The monoisotopic (exact) mass is 659 g/mol. The molecular weight excluding hydrogens is 627 g/mol. The number of halogens is 7. The van der Waals surface area contributed by atoms with Crippen LogP contribution in [0.25, 0.3) is 11.1 Å². The topological polar surface area (TPSA) is 70.6 Å². The lowest BCUT2D eigenvalue weighted by Gasteiger charge is -2.33. The van der Waals surface area contributed by atoms with E-state index in [1.807, 2.05) is 0 Å². The van der Waals surface area contributed by atoms with Gasteiger partial charge in [-0.25, -0.2) is 17.1 Å². The molecule has 0 unspecified atom stereocenters. The summed E-state index contributed by atoms with van der Waals surface area (Å²) < 4.78 is 121. The quantitative estimate of drug-likeness (QED) is 0.260. The summed E-state index contributed by atoms with van der Waals surface area (Å²) in [6, 6.07) is 6.71. The third kappa shape index (κ3) is 7.32. The number of sulfonamides is 1. The predicted molar refractivity (Wildman–Crippen MR) is 156 cm³/mol. The van der Waals surface area contributed by atoms with Gasteiger partial charge in [0.05, 0.1) is 34.7 Å². The first-order valence-corrected chi connectivity index (χ1v) is 15.7. The fourth-order valence-electron chi connectivity index (χ4n) is 5.55. The van der Waals surface area contributed by atoms with Crippen LogP contribution < -0.4 is 4.90 Å². The van der Waals surface area contributed by atoms with E-state index in [-0.39, 0.29) is 24.2 Å². The van der Waals surface area contributed by atoms with Crippen molar-refractivity contribution in [3.63, 3.8) is 0 Å². The molecule has 244 valence electrons. The van der Waals surface area contributed by atoms with Crippen molar-refractivity contribution in [2.45, 2.75) is 57.3 Å². The van der Waals surface area contributed by atoms with Crippen molar-refractivity contribution in [2.75, 3.05) is 31.3 Å². The number of hydrogen-bond donors (Lipinski definition) is 0. The zero-order valence-electron chi connectivity index (χ0n) is 25.1. The highest BCUT2D eigenvalue weighted by Gasteiger charge is 2.41. The molecule has 3 aromatic rings. The van der Waals surface area contributed by atoms with Crippen molar-refractivity contribution >= 4 is 21.6 Å². The number of pyridine rings is 1. The number of rotatable bonds is 6. The minimum Gasteiger partial charge on any atom is -0.313 e. The highest BCUT2D eigenvalue weighted by molar-refractivity contribution is 7.88. The van der Waals surface area contributed by atoms with Crippen molar-refractivity contribution in [3.8, 4) is 11.1 Å². The number of piperidine rings is 1. The maximum Gasteiger partial charge on any atom is 0.416 e. The number of amides is 1. The normalized spacial score (nSPS) is 16.9. The number of benzene rings is 2. The molecule has 2 aromatic carbocycles. The highest BCUT2D eigenvalue weighted by atomic mass is 32.2. The van der Waals surface area contributed by atoms with Crippen molar-refractivity contribution in [2.24, 2.45) is 0 Å². The summed E-state index contributed by atoms with van der Waals surface area (Å²) >= 11 is 0. The molecule has 1 atom stereocenters. The van der Waals surface area contributed by atoms with E-state index < -0.39 is 56.2 Å². The van der Waals surface area contributed by atoms with Gasteiger partial charge in [0.15, 0.2) is 0 Å². The molecule has 0 bridgehead atoms. The lowest BCUT2D eigenvalue weighted by molar-refractivity contribution is -0.143. The number of nitrogens with zero attached hydrogens (tertiary/aromatic N) is 3. The van der Waals surface area contributed by atoms with Gasteiger partial charge in [-0.05, 0) is 86.7 Å². The third-order valence-corrected chi connectivity index (χ3v) is 9.43. The Labute approximate surface area is 256 Å². The second-order valence-corrected chi connectivity index (χ2v) is 13.8. The Bertz CT molecular complexity index is 1690. The number of anilines is 1. The molecule has 4 rings (SSSR count). The number of carbonyl (C=O) groups is 1. The van der Waals surface area contributed by atoms with Gasteiger partial charge in [0, 0.05) is 37.3 Å².